The molecule has 0 unspecified atom stereocenters. The van der Waals surface area contributed by atoms with Gasteiger partial charge in [0.25, 0.3) is 0 Å². The van der Waals surface area contributed by atoms with Crippen LogP contribution in [-0.4, -0.2) is 23.1 Å². The summed E-state index contributed by atoms with van der Waals surface area (Å²) in [5, 5.41) is 8.52. The maximum Gasteiger partial charge on any atom is 0.306 e. The minimum atomic E-state index is -0.653. The highest BCUT2D eigenvalue weighted by atomic mass is 16.5. The highest BCUT2D eigenvalue weighted by Gasteiger charge is 2.04. The molecule has 0 atom stereocenters. The first-order valence-electron chi connectivity index (χ1n) is 16.3. The van der Waals surface area contributed by atoms with Crippen molar-refractivity contribution in [2.45, 2.75) is 201 Å². The van der Waals surface area contributed by atoms with Crippen LogP contribution in [0.1, 0.15) is 195 Å². The number of rotatable bonds is 27. The first-order chi connectivity index (χ1) is 17.9. The van der Waals surface area contributed by atoms with E-state index in [1.54, 1.807) is 0 Å². The Hall–Kier alpha value is -1.06. The smallest absolute Gasteiger partial charge is 0.306 e. The summed E-state index contributed by atoms with van der Waals surface area (Å²) in [7, 11) is 0. The Kier molecular flexibility index (Phi) is 33.9. The molecule has 0 saturated heterocycles. The standard InChI is InChI=1S/C18H36O2.C15H30O2/c1-2-3-4-5-6-7-8-9-10-11-12-13-14-15-16-17-18(19)20;1-4-5-6-7-8-9-10-11-12-13-15(16)17-14(2)3/h2-17H2,1H3,(H,19,20);14H,4-13H2,1-3H3. The maximum atomic E-state index is 11.2. The van der Waals surface area contributed by atoms with Crippen LogP contribution in [0.15, 0.2) is 0 Å². The van der Waals surface area contributed by atoms with Crippen molar-refractivity contribution in [3.63, 3.8) is 0 Å². The topological polar surface area (TPSA) is 63.6 Å². The monoisotopic (exact) mass is 526 g/mol. The first-order valence-corrected chi connectivity index (χ1v) is 16.3. The van der Waals surface area contributed by atoms with Crippen LogP contribution < -0.4 is 0 Å². The Morgan fingerprint density at radius 3 is 1.03 bits per heavy atom. The third kappa shape index (κ3) is 39.6. The highest BCUT2D eigenvalue weighted by Crippen LogP contribution is 2.14. The van der Waals surface area contributed by atoms with Crippen molar-refractivity contribution in [2.75, 3.05) is 0 Å². The largest absolute Gasteiger partial charge is 0.481 e. The highest BCUT2D eigenvalue weighted by molar-refractivity contribution is 5.69. The maximum absolute atomic E-state index is 11.2. The molecule has 0 heterocycles. The van der Waals surface area contributed by atoms with Crippen molar-refractivity contribution in [3.05, 3.63) is 0 Å². The second-order valence-corrected chi connectivity index (χ2v) is 11.2. The number of hydrogen-bond donors (Lipinski definition) is 1. The van der Waals surface area contributed by atoms with Gasteiger partial charge in [0, 0.05) is 12.8 Å². The van der Waals surface area contributed by atoms with E-state index in [2.05, 4.69) is 13.8 Å². The van der Waals surface area contributed by atoms with Gasteiger partial charge in [0.2, 0.25) is 0 Å². The van der Waals surface area contributed by atoms with E-state index in [0.717, 1.165) is 19.3 Å². The molecular formula is C33H66O4. The molecule has 37 heavy (non-hydrogen) atoms. The van der Waals surface area contributed by atoms with Gasteiger partial charge in [-0.3, -0.25) is 9.59 Å². The summed E-state index contributed by atoms with van der Waals surface area (Å²) in [6, 6.07) is 0. The van der Waals surface area contributed by atoms with E-state index >= 15 is 0 Å². The van der Waals surface area contributed by atoms with Crippen LogP contribution >= 0.6 is 0 Å². The van der Waals surface area contributed by atoms with Gasteiger partial charge in [0.05, 0.1) is 6.10 Å². The van der Waals surface area contributed by atoms with Gasteiger partial charge in [-0.05, 0) is 26.7 Å². The van der Waals surface area contributed by atoms with Crippen molar-refractivity contribution in [3.8, 4) is 0 Å². The Bertz CT molecular complexity index is 461. The minimum Gasteiger partial charge on any atom is -0.481 e. The molecule has 4 nitrogen and oxygen atoms in total. The van der Waals surface area contributed by atoms with Crippen LogP contribution in [-0.2, 0) is 14.3 Å². The molecule has 0 bridgehead atoms. The zero-order valence-corrected chi connectivity index (χ0v) is 25.6. The van der Waals surface area contributed by atoms with Gasteiger partial charge < -0.3 is 9.84 Å². The number of aliphatic carboxylic acids is 1. The molecule has 0 saturated carbocycles. The van der Waals surface area contributed by atoms with E-state index in [0.29, 0.717) is 12.8 Å². The molecule has 0 spiro atoms. The average molecular weight is 527 g/mol. The molecule has 0 aromatic carbocycles. The number of hydrogen-bond acceptors (Lipinski definition) is 3. The summed E-state index contributed by atoms with van der Waals surface area (Å²) in [6.45, 7) is 8.31. The van der Waals surface area contributed by atoms with Gasteiger partial charge in [-0.15, -0.1) is 0 Å². The lowest BCUT2D eigenvalue weighted by atomic mass is 10.0. The number of carboxylic acids is 1. The molecule has 0 amide bonds. The van der Waals surface area contributed by atoms with Crippen LogP contribution in [0.4, 0.5) is 0 Å². The van der Waals surface area contributed by atoms with Gasteiger partial charge in [-0.1, -0.05) is 155 Å². The van der Waals surface area contributed by atoms with Gasteiger partial charge >= 0.3 is 11.9 Å². The van der Waals surface area contributed by atoms with Crippen molar-refractivity contribution >= 4 is 11.9 Å². The van der Waals surface area contributed by atoms with Crippen molar-refractivity contribution < 1.29 is 19.4 Å². The number of unbranched alkanes of at least 4 members (excludes halogenated alkanes) is 22. The Morgan fingerprint density at radius 2 is 0.757 bits per heavy atom. The van der Waals surface area contributed by atoms with E-state index in [1.807, 2.05) is 13.8 Å². The average Bonchev–Trinajstić information content (AvgIpc) is 2.85. The summed E-state index contributed by atoms with van der Waals surface area (Å²) < 4.78 is 5.08. The molecule has 4 heteroatoms. The Morgan fingerprint density at radius 1 is 0.486 bits per heavy atom. The van der Waals surface area contributed by atoms with Crippen molar-refractivity contribution in [1.82, 2.24) is 0 Å². The van der Waals surface area contributed by atoms with Crippen molar-refractivity contribution in [2.24, 2.45) is 0 Å². The number of ether oxygens (including phenoxy) is 1. The quantitative estimate of drug-likeness (QED) is 0.0853. The van der Waals surface area contributed by atoms with Crippen LogP contribution in [0.25, 0.3) is 0 Å². The summed E-state index contributed by atoms with van der Waals surface area (Å²) in [4.78, 5) is 21.6. The Labute approximate surface area is 232 Å². The fourth-order valence-corrected chi connectivity index (χ4v) is 4.55. The summed E-state index contributed by atoms with van der Waals surface area (Å²) in [5.41, 5.74) is 0. The third-order valence-corrected chi connectivity index (χ3v) is 6.85. The van der Waals surface area contributed by atoms with Crippen LogP contribution in [0.3, 0.4) is 0 Å². The lowest BCUT2D eigenvalue weighted by molar-refractivity contribution is -0.147. The molecule has 0 aliphatic rings. The number of esters is 1. The molecule has 0 fully saturated rings. The van der Waals surface area contributed by atoms with Crippen LogP contribution in [0.2, 0.25) is 0 Å². The van der Waals surface area contributed by atoms with Gasteiger partial charge in [0.1, 0.15) is 0 Å². The number of carbonyl (C=O) groups excluding carboxylic acids is 1. The summed E-state index contributed by atoms with van der Waals surface area (Å²) >= 11 is 0. The SMILES string of the molecule is CCCCCCCCCCCC(=O)OC(C)C.CCCCCCCCCCCCCCCCCC(=O)O. The molecule has 0 radical (unpaired) electrons. The summed E-state index contributed by atoms with van der Waals surface area (Å²) in [6.07, 6.45) is 32.4. The minimum absolute atomic E-state index is 0.0288. The van der Waals surface area contributed by atoms with E-state index < -0.39 is 5.97 Å². The summed E-state index contributed by atoms with van der Waals surface area (Å²) in [5.74, 6) is -0.692. The second kappa shape index (κ2) is 33.0. The Balaban J connectivity index is 0. The normalized spacial score (nSPS) is 10.8. The molecule has 0 aromatic heterocycles. The zero-order chi connectivity index (χ0) is 27.8. The van der Waals surface area contributed by atoms with Crippen LogP contribution in [0, 0.1) is 0 Å². The third-order valence-electron chi connectivity index (χ3n) is 6.85. The lowest BCUT2D eigenvalue weighted by Gasteiger charge is -2.07. The predicted molar refractivity (Wildman–Crippen MR) is 160 cm³/mol. The fraction of sp³-hybridized carbons (Fsp3) is 0.939. The first kappa shape index (κ1) is 38.1. The number of carboxylic acid groups (broad SMARTS) is 1. The van der Waals surface area contributed by atoms with E-state index in [1.165, 1.54) is 135 Å². The zero-order valence-electron chi connectivity index (χ0n) is 25.6. The predicted octanol–water partition coefficient (Wildman–Crippen LogP) is 11.2. The van der Waals surface area contributed by atoms with Gasteiger partial charge in [-0.2, -0.15) is 0 Å². The van der Waals surface area contributed by atoms with E-state index in [9.17, 15) is 9.59 Å². The lowest BCUT2D eigenvalue weighted by Crippen LogP contribution is -2.10. The molecule has 0 aliphatic carbocycles. The second-order valence-electron chi connectivity index (χ2n) is 11.2. The van der Waals surface area contributed by atoms with Gasteiger partial charge in [-0.25, -0.2) is 0 Å². The molecule has 0 aliphatic heterocycles. The fourth-order valence-electron chi connectivity index (χ4n) is 4.55. The van der Waals surface area contributed by atoms with Crippen LogP contribution in [0.5, 0.6) is 0 Å². The van der Waals surface area contributed by atoms with Crippen molar-refractivity contribution in [1.29, 1.82) is 0 Å². The van der Waals surface area contributed by atoms with Gasteiger partial charge in [0.15, 0.2) is 0 Å². The molecule has 1 N–H and O–H groups in total. The van der Waals surface area contributed by atoms with E-state index in [-0.39, 0.29) is 12.1 Å². The molecule has 222 valence electrons. The molecule has 0 aromatic rings. The molecular weight excluding hydrogens is 460 g/mol. The number of carbonyl (C=O) groups is 2. The van der Waals surface area contributed by atoms with E-state index in [4.69, 9.17) is 9.84 Å². The molecule has 0 rings (SSSR count).